The van der Waals surface area contributed by atoms with E-state index in [4.69, 9.17) is 5.11 Å². The van der Waals surface area contributed by atoms with Gasteiger partial charge in [-0.3, -0.25) is 4.98 Å². The van der Waals surface area contributed by atoms with Crippen molar-refractivity contribution in [2.75, 3.05) is 6.61 Å². The molecule has 0 spiro atoms. The molecule has 1 aromatic heterocycles. The zero-order valence-corrected chi connectivity index (χ0v) is 9.29. The molecule has 2 nitrogen and oxygen atoms in total. The summed E-state index contributed by atoms with van der Waals surface area (Å²) in [4.78, 5) is 4.08. The molecule has 0 fully saturated rings. The molecule has 1 N–H and O–H groups in total. The first kappa shape index (κ1) is 10.7. The Bertz CT molecular complexity index is 261. The third-order valence-electron chi connectivity index (χ3n) is 2.12. The molecule has 0 amide bonds. The fourth-order valence-corrected chi connectivity index (χ4v) is 1.65. The van der Waals surface area contributed by atoms with Crippen LogP contribution in [-0.2, 0) is 6.42 Å². The number of aliphatic hydroxyl groups is 1. The molecule has 1 unspecified atom stereocenters. The lowest BCUT2D eigenvalue weighted by atomic mass is 9.99. The molecule has 72 valence electrons. The van der Waals surface area contributed by atoms with Gasteiger partial charge in [-0.25, -0.2) is 0 Å². The van der Waals surface area contributed by atoms with E-state index in [0.29, 0.717) is 5.92 Å². The van der Waals surface area contributed by atoms with E-state index in [2.05, 4.69) is 27.8 Å². The smallest absolute Gasteiger partial charge is 0.0462 e. The zero-order valence-electron chi connectivity index (χ0n) is 7.70. The van der Waals surface area contributed by atoms with Gasteiger partial charge in [0.25, 0.3) is 0 Å². The van der Waals surface area contributed by atoms with Crippen molar-refractivity contribution in [3.05, 3.63) is 28.5 Å². The van der Waals surface area contributed by atoms with E-state index in [1.807, 2.05) is 12.3 Å². The number of aromatic nitrogens is 1. The van der Waals surface area contributed by atoms with Gasteiger partial charge in [-0.2, -0.15) is 0 Å². The van der Waals surface area contributed by atoms with E-state index >= 15 is 0 Å². The van der Waals surface area contributed by atoms with Crippen molar-refractivity contribution in [3.63, 3.8) is 0 Å². The third kappa shape index (κ3) is 3.44. The van der Waals surface area contributed by atoms with Crippen LogP contribution >= 0.6 is 15.9 Å². The highest BCUT2D eigenvalue weighted by atomic mass is 79.9. The highest BCUT2D eigenvalue weighted by Gasteiger charge is 2.05. The number of pyridine rings is 1. The van der Waals surface area contributed by atoms with Crippen LogP contribution in [0, 0.1) is 5.92 Å². The maximum atomic E-state index is 9.02. The number of rotatable bonds is 4. The number of aliphatic hydroxyl groups excluding tert-OH is 1. The molecule has 0 saturated heterocycles. The Morgan fingerprint density at radius 3 is 2.85 bits per heavy atom. The normalized spacial score (nSPS) is 12.8. The first-order valence-corrected chi connectivity index (χ1v) is 5.25. The zero-order chi connectivity index (χ0) is 9.68. The van der Waals surface area contributed by atoms with Crippen LogP contribution < -0.4 is 0 Å². The van der Waals surface area contributed by atoms with Crippen molar-refractivity contribution in [1.29, 1.82) is 0 Å². The fourth-order valence-electron chi connectivity index (χ4n) is 1.24. The second-order valence-electron chi connectivity index (χ2n) is 3.17. The average molecular weight is 244 g/mol. The summed E-state index contributed by atoms with van der Waals surface area (Å²) >= 11 is 3.37. The number of hydrogen-bond donors (Lipinski definition) is 1. The van der Waals surface area contributed by atoms with Crippen LogP contribution in [0.15, 0.2) is 22.9 Å². The second-order valence-corrected chi connectivity index (χ2v) is 4.09. The highest BCUT2D eigenvalue weighted by Crippen LogP contribution is 2.14. The molecule has 1 aromatic rings. The number of halogens is 1. The van der Waals surface area contributed by atoms with Crippen LogP contribution in [-0.4, -0.2) is 16.7 Å². The summed E-state index contributed by atoms with van der Waals surface area (Å²) in [6.07, 6.45) is 5.52. The third-order valence-corrected chi connectivity index (χ3v) is 2.56. The van der Waals surface area contributed by atoms with Crippen LogP contribution in [0.1, 0.15) is 18.9 Å². The fraction of sp³-hybridized carbons (Fsp3) is 0.500. The van der Waals surface area contributed by atoms with Gasteiger partial charge in [0.2, 0.25) is 0 Å². The standard InChI is InChI=1S/C10H14BrNO/c1-2-8(7-13)3-9-4-10(11)6-12-5-9/h4-6,8,13H,2-3,7H2,1H3. The number of nitrogens with zero attached hydrogens (tertiary/aromatic N) is 1. The van der Waals surface area contributed by atoms with Gasteiger partial charge in [0.1, 0.15) is 0 Å². The minimum Gasteiger partial charge on any atom is -0.396 e. The Labute approximate surface area is 87.1 Å². The first-order valence-electron chi connectivity index (χ1n) is 4.46. The minimum atomic E-state index is 0.253. The van der Waals surface area contributed by atoms with Gasteiger partial charge < -0.3 is 5.11 Å². The van der Waals surface area contributed by atoms with Crippen molar-refractivity contribution in [2.45, 2.75) is 19.8 Å². The van der Waals surface area contributed by atoms with Crippen molar-refractivity contribution < 1.29 is 5.11 Å². The Hall–Kier alpha value is -0.410. The SMILES string of the molecule is CCC(CO)Cc1cncc(Br)c1. The van der Waals surface area contributed by atoms with Crippen LogP contribution in [0.3, 0.4) is 0 Å². The van der Waals surface area contributed by atoms with Crippen LogP contribution in [0.25, 0.3) is 0 Å². The largest absolute Gasteiger partial charge is 0.396 e. The highest BCUT2D eigenvalue weighted by molar-refractivity contribution is 9.10. The maximum Gasteiger partial charge on any atom is 0.0462 e. The van der Waals surface area contributed by atoms with E-state index < -0.39 is 0 Å². The first-order chi connectivity index (χ1) is 6.26. The van der Waals surface area contributed by atoms with Gasteiger partial charge in [0.15, 0.2) is 0 Å². The minimum absolute atomic E-state index is 0.253. The molecule has 3 heteroatoms. The molecule has 1 heterocycles. The van der Waals surface area contributed by atoms with Gasteiger partial charge in [-0.1, -0.05) is 13.3 Å². The van der Waals surface area contributed by atoms with E-state index in [1.54, 1.807) is 6.20 Å². The average Bonchev–Trinajstić information content (AvgIpc) is 2.14. The molecule has 13 heavy (non-hydrogen) atoms. The summed E-state index contributed by atoms with van der Waals surface area (Å²) < 4.78 is 0.998. The topological polar surface area (TPSA) is 33.1 Å². The van der Waals surface area contributed by atoms with Gasteiger partial charge in [0, 0.05) is 23.5 Å². The maximum absolute atomic E-state index is 9.02. The Kier molecular flexibility index (Phi) is 4.39. The van der Waals surface area contributed by atoms with Gasteiger partial charge in [-0.05, 0) is 39.9 Å². The molecular weight excluding hydrogens is 230 g/mol. The predicted octanol–water partition coefficient (Wildman–Crippen LogP) is 2.41. The molecule has 1 atom stereocenters. The van der Waals surface area contributed by atoms with Crippen molar-refractivity contribution in [2.24, 2.45) is 5.92 Å². The van der Waals surface area contributed by atoms with Gasteiger partial charge in [-0.15, -0.1) is 0 Å². The van der Waals surface area contributed by atoms with E-state index in [0.717, 1.165) is 17.3 Å². The van der Waals surface area contributed by atoms with Crippen molar-refractivity contribution in [1.82, 2.24) is 4.98 Å². The summed E-state index contributed by atoms with van der Waals surface area (Å²) in [6, 6.07) is 2.05. The summed E-state index contributed by atoms with van der Waals surface area (Å²) in [5.41, 5.74) is 1.18. The molecule has 0 saturated carbocycles. The summed E-state index contributed by atoms with van der Waals surface area (Å²) in [7, 11) is 0. The Morgan fingerprint density at radius 2 is 2.31 bits per heavy atom. The van der Waals surface area contributed by atoms with Crippen LogP contribution in [0.2, 0.25) is 0 Å². The molecule has 1 rings (SSSR count). The lowest BCUT2D eigenvalue weighted by Gasteiger charge is -2.10. The predicted molar refractivity (Wildman–Crippen MR) is 56.5 cm³/mol. The summed E-state index contributed by atoms with van der Waals surface area (Å²) in [5.74, 6) is 0.357. The van der Waals surface area contributed by atoms with E-state index in [9.17, 15) is 0 Å². The lowest BCUT2D eigenvalue weighted by molar-refractivity contribution is 0.222. The van der Waals surface area contributed by atoms with Crippen LogP contribution in [0.5, 0.6) is 0 Å². The molecule has 0 aliphatic carbocycles. The van der Waals surface area contributed by atoms with Crippen molar-refractivity contribution >= 4 is 15.9 Å². The van der Waals surface area contributed by atoms with Crippen molar-refractivity contribution in [3.8, 4) is 0 Å². The molecular formula is C10H14BrNO. The molecule has 0 bridgehead atoms. The lowest BCUT2D eigenvalue weighted by Crippen LogP contribution is -2.08. The second kappa shape index (κ2) is 5.35. The van der Waals surface area contributed by atoms with E-state index in [1.165, 1.54) is 5.56 Å². The molecule has 0 aromatic carbocycles. The van der Waals surface area contributed by atoms with Gasteiger partial charge >= 0.3 is 0 Å². The molecule has 0 radical (unpaired) electrons. The quantitative estimate of drug-likeness (QED) is 0.882. The van der Waals surface area contributed by atoms with Crippen LogP contribution in [0.4, 0.5) is 0 Å². The molecule has 0 aliphatic heterocycles. The number of hydrogen-bond acceptors (Lipinski definition) is 2. The molecule has 0 aliphatic rings. The summed E-state index contributed by atoms with van der Waals surface area (Å²) in [5, 5.41) is 9.02. The van der Waals surface area contributed by atoms with E-state index in [-0.39, 0.29) is 6.61 Å². The summed E-state index contributed by atoms with van der Waals surface area (Å²) in [6.45, 7) is 2.34. The monoisotopic (exact) mass is 243 g/mol. The Morgan fingerprint density at radius 1 is 1.54 bits per heavy atom. The van der Waals surface area contributed by atoms with Gasteiger partial charge in [0.05, 0.1) is 0 Å². The Balaban J connectivity index is 2.62.